The molecule has 0 amide bonds. The molecular formula is C63H111NO8P+. The first-order valence-electron chi connectivity index (χ1n) is 29.5. The monoisotopic (exact) mass is 1040 g/mol. The Hall–Kier alpha value is -3.07. The highest BCUT2D eigenvalue weighted by Crippen LogP contribution is 2.43. The second-order valence-electron chi connectivity index (χ2n) is 20.6. The molecule has 0 aliphatic carbocycles. The van der Waals surface area contributed by atoms with Crippen molar-refractivity contribution in [3.05, 3.63) is 97.2 Å². The van der Waals surface area contributed by atoms with Crippen LogP contribution in [-0.4, -0.2) is 74.9 Å². The van der Waals surface area contributed by atoms with E-state index in [2.05, 4.69) is 111 Å². The Kier molecular flexibility index (Phi) is 51.5. The van der Waals surface area contributed by atoms with Gasteiger partial charge in [0.25, 0.3) is 0 Å². The lowest BCUT2D eigenvalue weighted by Crippen LogP contribution is -2.37. The number of carbonyl (C=O) groups excluding carboxylic acids is 2. The molecule has 420 valence electrons. The molecule has 10 heteroatoms. The van der Waals surface area contributed by atoms with Gasteiger partial charge in [0, 0.05) is 12.8 Å². The number of likely N-dealkylation sites (N-methyl/N-ethyl adjacent to an activating group) is 1. The van der Waals surface area contributed by atoms with E-state index in [9.17, 15) is 19.0 Å². The van der Waals surface area contributed by atoms with Gasteiger partial charge in [0.15, 0.2) is 6.10 Å². The number of ether oxygens (including phenoxy) is 2. The molecule has 0 aliphatic rings. The van der Waals surface area contributed by atoms with E-state index in [0.29, 0.717) is 17.4 Å². The third-order valence-electron chi connectivity index (χ3n) is 12.3. The van der Waals surface area contributed by atoms with Crippen LogP contribution in [-0.2, 0) is 32.7 Å². The summed E-state index contributed by atoms with van der Waals surface area (Å²) in [7, 11) is 1.46. The third kappa shape index (κ3) is 58.1. The van der Waals surface area contributed by atoms with Crippen LogP contribution in [0.4, 0.5) is 0 Å². The minimum Gasteiger partial charge on any atom is -0.462 e. The summed E-state index contributed by atoms with van der Waals surface area (Å²) in [6, 6.07) is 0. The van der Waals surface area contributed by atoms with E-state index in [1.165, 1.54) is 103 Å². The van der Waals surface area contributed by atoms with Gasteiger partial charge < -0.3 is 18.9 Å². The highest BCUT2D eigenvalue weighted by molar-refractivity contribution is 7.47. The molecule has 9 nitrogen and oxygen atoms in total. The van der Waals surface area contributed by atoms with E-state index in [1.807, 2.05) is 21.1 Å². The molecular weight excluding hydrogens is 930 g/mol. The van der Waals surface area contributed by atoms with E-state index < -0.39 is 26.5 Å². The van der Waals surface area contributed by atoms with Crippen molar-refractivity contribution in [1.29, 1.82) is 0 Å². The Balaban J connectivity index is 4.11. The number of phosphoric acid groups is 1. The highest BCUT2D eigenvalue weighted by atomic mass is 31.2. The molecule has 0 bridgehead atoms. The number of hydrogen-bond acceptors (Lipinski definition) is 7. The van der Waals surface area contributed by atoms with Gasteiger partial charge >= 0.3 is 19.8 Å². The minimum absolute atomic E-state index is 0.0259. The summed E-state index contributed by atoms with van der Waals surface area (Å²) < 4.78 is 34.5. The van der Waals surface area contributed by atoms with Crippen molar-refractivity contribution in [3.63, 3.8) is 0 Å². The van der Waals surface area contributed by atoms with Gasteiger partial charge in [0.1, 0.15) is 19.8 Å². The Bertz CT molecular complexity index is 1550. The van der Waals surface area contributed by atoms with Gasteiger partial charge in [-0.1, -0.05) is 227 Å². The molecule has 2 unspecified atom stereocenters. The second kappa shape index (κ2) is 53.7. The topological polar surface area (TPSA) is 108 Å². The van der Waals surface area contributed by atoms with Crippen LogP contribution >= 0.6 is 7.82 Å². The summed E-state index contributed by atoms with van der Waals surface area (Å²) in [5.41, 5.74) is 0. The molecule has 0 saturated heterocycles. The summed E-state index contributed by atoms with van der Waals surface area (Å²) in [5.74, 6) is -0.815. The molecule has 0 saturated carbocycles. The fourth-order valence-electron chi connectivity index (χ4n) is 7.81. The standard InChI is InChI=1S/C63H110NO8P/c1-6-8-10-12-14-16-18-20-22-24-25-26-27-28-29-30-31-32-33-34-35-36-37-38-39-40-42-44-46-48-50-52-54-56-63(66)72-61(60-71-73(67,68)70-58-57-64(3,4)5)59-69-62(65)55-53-51-49-47-45-43-41-23-21-19-17-15-13-11-9-7-2/h8,10,14,16-17,19-20,22-23,25-26,28-29,31-32,41,61H,6-7,9,11-13,15,18,21,24,27,30,33-40,42-60H2,1-5H3/p+1/b10-8-,16-14-,19-17-,22-20-,26-25-,29-28-,32-31-,41-23-. The molecule has 0 rings (SSSR count). The number of nitrogens with zero attached hydrogens (tertiary/aromatic N) is 1. The van der Waals surface area contributed by atoms with Crippen molar-refractivity contribution in [2.45, 2.75) is 245 Å². The van der Waals surface area contributed by atoms with Gasteiger partial charge in [-0.25, -0.2) is 4.57 Å². The summed E-state index contributed by atoms with van der Waals surface area (Å²) >= 11 is 0. The normalized spacial score (nSPS) is 14.0. The van der Waals surface area contributed by atoms with E-state index in [-0.39, 0.29) is 32.0 Å². The van der Waals surface area contributed by atoms with E-state index >= 15 is 0 Å². The first-order chi connectivity index (χ1) is 35.5. The Labute approximate surface area is 449 Å². The van der Waals surface area contributed by atoms with Crippen LogP contribution in [0, 0.1) is 0 Å². The molecule has 0 heterocycles. The fraction of sp³-hybridized carbons (Fsp3) is 0.714. The number of rotatable bonds is 53. The van der Waals surface area contributed by atoms with Crippen LogP contribution in [0.5, 0.6) is 0 Å². The van der Waals surface area contributed by atoms with Crippen LogP contribution in [0.3, 0.4) is 0 Å². The summed E-state index contributed by atoms with van der Waals surface area (Å²) in [6.07, 6.45) is 73.4. The molecule has 0 aromatic heterocycles. The molecule has 0 aromatic rings. The molecule has 1 N–H and O–H groups in total. The minimum atomic E-state index is -4.39. The number of esters is 2. The van der Waals surface area contributed by atoms with Crippen molar-refractivity contribution < 1.29 is 42.1 Å². The summed E-state index contributed by atoms with van der Waals surface area (Å²) in [4.78, 5) is 35.7. The number of phosphoric ester groups is 1. The van der Waals surface area contributed by atoms with Gasteiger partial charge in [-0.3, -0.25) is 18.6 Å². The number of quaternary nitrogens is 1. The van der Waals surface area contributed by atoms with Crippen molar-refractivity contribution in [2.24, 2.45) is 0 Å². The molecule has 0 aromatic carbocycles. The molecule has 0 aliphatic heterocycles. The largest absolute Gasteiger partial charge is 0.472 e. The first-order valence-corrected chi connectivity index (χ1v) is 31.0. The van der Waals surface area contributed by atoms with E-state index in [1.54, 1.807) is 0 Å². The van der Waals surface area contributed by atoms with Gasteiger partial charge in [0.2, 0.25) is 0 Å². The zero-order valence-corrected chi connectivity index (χ0v) is 48.5. The lowest BCUT2D eigenvalue weighted by molar-refractivity contribution is -0.870. The van der Waals surface area contributed by atoms with E-state index in [4.69, 9.17) is 18.5 Å². The Morgan fingerprint density at radius 2 is 0.781 bits per heavy atom. The van der Waals surface area contributed by atoms with E-state index in [0.717, 1.165) is 103 Å². The number of hydrogen-bond donors (Lipinski definition) is 1. The zero-order valence-electron chi connectivity index (χ0n) is 47.6. The average molecular weight is 1040 g/mol. The summed E-state index contributed by atoms with van der Waals surface area (Å²) in [5, 5.41) is 0. The van der Waals surface area contributed by atoms with Crippen LogP contribution in [0.15, 0.2) is 97.2 Å². The lowest BCUT2D eigenvalue weighted by atomic mass is 10.0. The quantitative estimate of drug-likeness (QED) is 0.0211. The van der Waals surface area contributed by atoms with Gasteiger partial charge in [-0.05, 0) is 96.3 Å². The van der Waals surface area contributed by atoms with Crippen LogP contribution in [0.1, 0.15) is 239 Å². The first kappa shape index (κ1) is 69.9. The molecule has 0 spiro atoms. The molecule has 0 radical (unpaired) electrons. The van der Waals surface area contributed by atoms with Gasteiger partial charge in [-0.15, -0.1) is 0 Å². The van der Waals surface area contributed by atoms with Crippen LogP contribution < -0.4 is 0 Å². The summed E-state index contributed by atoms with van der Waals surface area (Å²) in [6.45, 7) is 4.29. The maximum atomic E-state index is 12.8. The smallest absolute Gasteiger partial charge is 0.462 e. The Morgan fingerprint density at radius 1 is 0.438 bits per heavy atom. The van der Waals surface area contributed by atoms with Crippen molar-refractivity contribution in [1.82, 2.24) is 0 Å². The molecule has 73 heavy (non-hydrogen) atoms. The maximum Gasteiger partial charge on any atom is 0.472 e. The van der Waals surface area contributed by atoms with Crippen LogP contribution in [0.25, 0.3) is 0 Å². The molecule has 2 atom stereocenters. The SMILES string of the molecule is CC/C=C\C/C=C\C/C=C\C/C=C\C/C=C\C/C=C\CCCCCCCCCCCCCCCCC(=O)OC(COC(=O)CCCCCCC/C=C\C/C=C\CCCCCC)COP(=O)(O)OCC[N+](C)(C)C. The number of carbonyl (C=O) groups is 2. The molecule has 0 fully saturated rings. The van der Waals surface area contributed by atoms with Crippen molar-refractivity contribution >= 4 is 19.8 Å². The number of allylic oxidation sites excluding steroid dienone is 16. The predicted octanol–water partition coefficient (Wildman–Crippen LogP) is 18.4. The highest BCUT2D eigenvalue weighted by Gasteiger charge is 2.27. The average Bonchev–Trinajstić information content (AvgIpc) is 3.35. The predicted molar refractivity (Wildman–Crippen MR) is 312 cm³/mol. The Morgan fingerprint density at radius 3 is 1.16 bits per heavy atom. The zero-order chi connectivity index (χ0) is 53.5. The second-order valence-corrected chi connectivity index (χ2v) is 22.1. The number of unbranched alkanes of at least 4 members (excludes halogenated alkanes) is 23. The van der Waals surface area contributed by atoms with Gasteiger partial charge in [0.05, 0.1) is 27.7 Å². The lowest BCUT2D eigenvalue weighted by Gasteiger charge is -2.24. The van der Waals surface area contributed by atoms with Crippen molar-refractivity contribution in [2.75, 3.05) is 47.5 Å². The van der Waals surface area contributed by atoms with Crippen LogP contribution in [0.2, 0.25) is 0 Å². The maximum absolute atomic E-state index is 12.8. The third-order valence-corrected chi connectivity index (χ3v) is 13.3. The van der Waals surface area contributed by atoms with Crippen molar-refractivity contribution in [3.8, 4) is 0 Å². The van der Waals surface area contributed by atoms with Gasteiger partial charge in [-0.2, -0.15) is 0 Å². The fourth-order valence-corrected chi connectivity index (χ4v) is 8.56.